The Morgan fingerprint density at radius 1 is 1.08 bits per heavy atom. The van der Waals surface area contributed by atoms with Crippen LogP contribution in [0.1, 0.15) is 31.0 Å². The molecule has 0 fully saturated rings. The molecule has 0 aliphatic carbocycles. The van der Waals surface area contributed by atoms with Crippen LogP contribution in [0.2, 0.25) is 0 Å². The van der Waals surface area contributed by atoms with Crippen LogP contribution in [0.3, 0.4) is 0 Å². The third-order valence-electron chi connectivity index (χ3n) is 3.82. The Hall–Kier alpha value is -2.57. The molecule has 0 bridgehead atoms. The number of halogens is 3. The first-order valence-corrected chi connectivity index (χ1v) is 7.40. The van der Waals surface area contributed by atoms with Crippen molar-refractivity contribution in [2.45, 2.75) is 25.9 Å². The lowest BCUT2D eigenvalue weighted by atomic mass is 10.0. The molecule has 0 aliphatic rings. The van der Waals surface area contributed by atoms with Crippen molar-refractivity contribution in [1.82, 2.24) is 15.0 Å². The van der Waals surface area contributed by atoms with Crippen molar-refractivity contribution < 1.29 is 17.9 Å². The summed E-state index contributed by atoms with van der Waals surface area (Å²) in [5.41, 5.74) is 0.923. The van der Waals surface area contributed by atoms with E-state index in [1.807, 2.05) is 13.8 Å². The summed E-state index contributed by atoms with van der Waals surface area (Å²) in [6.07, 6.45) is -1.91. The first-order chi connectivity index (χ1) is 11.3. The summed E-state index contributed by atoms with van der Waals surface area (Å²) in [6, 6.07) is 4.37. The van der Waals surface area contributed by atoms with E-state index in [1.165, 1.54) is 25.6 Å². The highest BCUT2D eigenvalue weighted by molar-refractivity contribution is 5.87. The van der Waals surface area contributed by atoms with Gasteiger partial charge in [-0.05, 0) is 24.1 Å². The molecule has 0 radical (unpaired) electrons. The Bertz CT molecular complexity index is 867. The average molecular weight is 335 g/mol. The Morgan fingerprint density at radius 2 is 1.83 bits per heavy atom. The molecule has 2 heterocycles. The fraction of sp³-hybridized carbons (Fsp3) is 0.294. The minimum Gasteiger partial charge on any atom is -0.480 e. The van der Waals surface area contributed by atoms with E-state index in [2.05, 4.69) is 15.0 Å². The van der Waals surface area contributed by atoms with Crippen molar-refractivity contribution in [1.29, 1.82) is 0 Å². The maximum absolute atomic E-state index is 13.5. The van der Waals surface area contributed by atoms with Gasteiger partial charge < -0.3 is 9.72 Å². The molecule has 0 saturated carbocycles. The number of H-pyrrole nitrogens is 1. The number of benzene rings is 1. The first-order valence-electron chi connectivity index (χ1n) is 7.40. The van der Waals surface area contributed by atoms with Gasteiger partial charge in [0.2, 0.25) is 5.88 Å². The van der Waals surface area contributed by atoms with E-state index in [1.54, 1.807) is 6.07 Å². The van der Waals surface area contributed by atoms with Crippen molar-refractivity contribution in [3.8, 4) is 17.1 Å². The molecular weight excluding hydrogens is 319 g/mol. The molecule has 0 amide bonds. The van der Waals surface area contributed by atoms with Gasteiger partial charge in [0.1, 0.15) is 0 Å². The smallest absolute Gasteiger partial charge is 0.417 e. The second-order valence-corrected chi connectivity index (χ2v) is 5.81. The molecule has 0 aliphatic heterocycles. The summed E-state index contributed by atoms with van der Waals surface area (Å²) in [6.45, 7) is 3.95. The zero-order chi connectivity index (χ0) is 17.5. The number of alkyl halides is 3. The Morgan fingerprint density at radius 3 is 2.38 bits per heavy atom. The fourth-order valence-electron chi connectivity index (χ4n) is 2.52. The zero-order valence-corrected chi connectivity index (χ0v) is 13.4. The standard InChI is InChI=1S/C17H16F3N3O/c1-9(2)13-5-10-4-12(17(18,19)20)11(6-14(10)23-13)15-7-22-16(24-3)8-21-15/h4-9,23H,1-3H3. The number of aromatic amines is 1. The van der Waals surface area contributed by atoms with Crippen molar-refractivity contribution in [3.63, 3.8) is 0 Å². The molecule has 1 N–H and O–H groups in total. The Balaban J connectivity index is 2.22. The number of hydrogen-bond donors (Lipinski definition) is 1. The van der Waals surface area contributed by atoms with Gasteiger partial charge in [-0.15, -0.1) is 0 Å². The quantitative estimate of drug-likeness (QED) is 0.750. The van der Waals surface area contributed by atoms with E-state index in [-0.39, 0.29) is 23.1 Å². The summed E-state index contributed by atoms with van der Waals surface area (Å²) in [5.74, 6) is 0.436. The number of ether oxygens (including phenoxy) is 1. The highest BCUT2D eigenvalue weighted by atomic mass is 19.4. The van der Waals surface area contributed by atoms with Crippen LogP contribution in [0.5, 0.6) is 5.88 Å². The summed E-state index contributed by atoms with van der Waals surface area (Å²) in [4.78, 5) is 11.2. The molecule has 0 spiro atoms. The molecule has 1 aromatic carbocycles. The van der Waals surface area contributed by atoms with Gasteiger partial charge in [0.15, 0.2) is 0 Å². The van der Waals surface area contributed by atoms with Crippen LogP contribution >= 0.6 is 0 Å². The third-order valence-corrected chi connectivity index (χ3v) is 3.82. The average Bonchev–Trinajstić information content (AvgIpc) is 2.96. The molecule has 7 heteroatoms. The van der Waals surface area contributed by atoms with Crippen molar-refractivity contribution in [2.24, 2.45) is 0 Å². The maximum Gasteiger partial charge on any atom is 0.417 e. The van der Waals surface area contributed by atoms with Crippen LogP contribution in [-0.4, -0.2) is 22.1 Å². The van der Waals surface area contributed by atoms with Gasteiger partial charge in [-0.3, -0.25) is 0 Å². The highest BCUT2D eigenvalue weighted by Crippen LogP contribution is 2.39. The molecule has 0 saturated heterocycles. The predicted octanol–water partition coefficient (Wildman–Crippen LogP) is 4.78. The third kappa shape index (κ3) is 2.93. The number of nitrogens with zero attached hydrogens (tertiary/aromatic N) is 2. The fourth-order valence-corrected chi connectivity index (χ4v) is 2.52. The first kappa shape index (κ1) is 16.3. The van der Waals surface area contributed by atoms with Crippen molar-refractivity contribution >= 4 is 10.9 Å². The van der Waals surface area contributed by atoms with E-state index in [0.29, 0.717) is 10.9 Å². The van der Waals surface area contributed by atoms with E-state index in [4.69, 9.17) is 4.74 Å². The molecule has 3 rings (SSSR count). The molecular formula is C17H16F3N3O. The van der Waals surface area contributed by atoms with Crippen LogP contribution in [0, 0.1) is 0 Å². The lowest BCUT2D eigenvalue weighted by Crippen LogP contribution is -2.08. The van der Waals surface area contributed by atoms with Gasteiger partial charge in [-0.2, -0.15) is 13.2 Å². The van der Waals surface area contributed by atoms with Gasteiger partial charge in [-0.25, -0.2) is 9.97 Å². The summed E-state index contributed by atoms with van der Waals surface area (Å²) < 4.78 is 45.4. The monoisotopic (exact) mass is 335 g/mol. The van der Waals surface area contributed by atoms with E-state index >= 15 is 0 Å². The molecule has 3 aromatic rings. The van der Waals surface area contributed by atoms with E-state index < -0.39 is 11.7 Å². The summed E-state index contributed by atoms with van der Waals surface area (Å²) >= 11 is 0. The number of methoxy groups -OCH3 is 1. The predicted molar refractivity (Wildman–Crippen MR) is 85.0 cm³/mol. The van der Waals surface area contributed by atoms with E-state index in [0.717, 1.165) is 11.8 Å². The minimum atomic E-state index is -4.49. The number of aromatic nitrogens is 3. The molecule has 2 aromatic heterocycles. The number of hydrogen-bond acceptors (Lipinski definition) is 3. The summed E-state index contributed by atoms with van der Waals surface area (Å²) in [7, 11) is 1.42. The molecule has 4 nitrogen and oxygen atoms in total. The van der Waals surface area contributed by atoms with Crippen molar-refractivity contribution in [2.75, 3.05) is 7.11 Å². The van der Waals surface area contributed by atoms with Crippen LogP contribution in [0.25, 0.3) is 22.2 Å². The number of fused-ring (bicyclic) bond motifs is 1. The lowest BCUT2D eigenvalue weighted by Gasteiger charge is -2.13. The molecule has 0 atom stereocenters. The molecule has 0 unspecified atom stereocenters. The topological polar surface area (TPSA) is 50.8 Å². The normalized spacial score (nSPS) is 12.1. The summed E-state index contributed by atoms with van der Waals surface area (Å²) in [5, 5.41) is 0.524. The lowest BCUT2D eigenvalue weighted by molar-refractivity contribution is -0.137. The molecule has 24 heavy (non-hydrogen) atoms. The van der Waals surface area contributed by atoms with Crippen molar-refractivity contribution in [3.05, 3.63) is 41.9 Å². The van der Waals surface area contributed by atoms with Gasteiger partial charge in [0, 0.05) is 22.2 Å². The highest BCUT2D eigenvalue weighted by Gasteiger charge is 2.34. The van der Waals surface area contributed by atoms with E-state index in [9.17, 15) is 13.2 Å². The van der Waals surface area contributed by atoms with Gasteiger partial charge in [0.05, 0.1) is 30.8 Å². The Kier molecular flexibility index (Phi) is 3.95. The van der Waals surface area contributed by atoms with Gasteiger partial charge in [0.25, 0.3) is 0 Å². The number of nitrogens with one attached hydrogen (secondary N) is 1. The second-order valence-electron chi connectivity index (χ2n) is 5.81. The van der Waals surface area contributed by atoms with Crippen LogP contribution in [-0.2, 0) is 6.18 Å². The largest absolute Gasteiger partial charge is 0.480 e. The molecule has 126 valence electrons. The van der Waals surface area contributed by atoms with Crippen LogP contribution < -0.4 is 4.74 Å². The minimum absolute atomic E-state index is 0.0118. The van der Waals surface area contributed by atoms with Gasteiger partial charge in [-0.1, -0.05) is 13.8 Å². The van der Waals surface area contributed by atoms with Gasteiger partial charge >= 0.3 is 6.18 Å². The van der Waals surface area contributed by atoms with Crippen LogP contribution in [0.15, 0.2) is 30.6 Å². The zero-order valence-electron chi connectivity index (χ0n) is 13.4. The Labute approximate surface area is 136 Å². The second kappa shape index (κ2) is 5.81. The number of rotatable bonds is 3. The SMILES string of the molecule is COc1cnc(-c2cc3[nH]c(C(C)C)cc3cc2C(F)(F)F)cn1. The van der Waals surface area contributed by atoms with Crippen LogP contribution in [0.4, 0.5) is 13.2 Å². The maximum atomic E-state index is 13.5.